The second-order valence-electron chi connectivity index (χ2n) is 4.50. The molecule has 1 heterocycles. The molecule has 1 aromatic heterocycles. The SMILES string of the molecule is CCc1nnc(N(CC)CCCO)c(CN)c1CC. The molecule has 0 saturated carbocycles. The molecule has 0 saturated heterocycles. The summed E-state index contributed by atoms with van der Waals surface area (Å²) in [4.78, 5) is 2.14. The van der Waals surface area contributed by atoms with E-state index >= 15 is 0 Å². The predicted octanol–water partition coefficient (Wildman–Crippen LogP) is 1.27. The van der Waals surface area contributed by atoms with Crippen LogP contribution in [-0.4, -0.2) is 35.0 Å². The topological polar surface area (TPSA) is 75.3 Å². The fourth-order valence-corrected chi connectivity index (χ4v) is 2.38. The number of aliphatic hydroxyl groups is 1. The molecule has 0 aliphatic rings. The molecule has 0 atom stereocenters. The van der Waals surface area contributed by atoms with Gasteiger partial charge in [-0.1, -0.05) is 13.8 Å². The Balaban J connectivity index is 3.18. The Bertz CT molecular complexity index is 395. The number of aromatic nitrogens is 2. The molecule has 5 heteroatoms. The number of nitrogens with two attached hydrogens (primary N) is 1. The van der Waals surface area contributed by atoms with Gasteiger partial charge in [0.2, 0.25) is 0 Å². The maximum absolute atomic E-state index is 8.98. The summed E-state index contributed by atoms with van der Waals surface area (Å²) in [6, 6.07) is 0. The van der Waals surface area contributed by atoms with Gasteiger partial charge in [-0.15, -0.1) is 5.10 Å². The molecule has 3 N–H and O–H groups in total. The number of hydrogen-bond donors (Lipinski definition) is 2. The van der Waals surface area contributed by atoms with Crippen LogP contribution in [0.4, 0.5) is 5.82 Å². The summed E-state index contributed by atoms with van der Waals surface area (Å²) in [5.74, 6) is 0.882. The van der Waals surface area contributed by atoms with Crippen molar-refractivity contribution in [3.8, 4) is 0 Å². The number of aliphatic hydroxyl groups excluding tert-OH is 1. The summed E-state index contributed by atoms with van der Waals surface area (Å²) >= 11 is 0. The number of anilines is 1. The van der Waals surface area contributed by atoms with Crippen molar-refractivity contribution in [2.75, 3.05) is 24.6 Å². The van der Waals surface area contributed by atoms with E-state index in [9.17, 15) is 0 Å². The lowest BCUT2D eigenvalue weighted by molar-refractivity contribution is 0.289. The number of rotatable bonds is 8. The van der Waals surface area contributed by atoms with Gasteiger partial charge in [-0.2, -0.15) is 5.10 Å². The molecule has 0 aliphatic carbocycles. The first-order chi connectivity index (χ1) is 9.23. The highest BCUT2D eigenvalue weighted by Gasteiger charge is 2.17. The fraction of sp³-hybridized carbons (Fsp3) is 0.714. The van der Waals surface area contributed by atoms with Gasteiger partial charge >= 0.3 is 0 Å². The first kappa shape index (κ1) is 15.9. The Hall–Kier alpha value is -1.20. The molecule has 0 aliphatic heterocycles. The third-order valence-electron chi connectivity index (χ3n) is 3.41. The number of nitrogens with zero attached hydrogens (tertiary/aromatic N) is 3. The van der Waals surface area contributed by atoms with Gasteiger partial charge in [0, 0.05) is 31.8 Å². The van der Waals surface area contributed by atoms with Gasteiger partial charge in [0.15, 0.2) is 5.82 Å². The van der Waals surface area contributed by atoms with Crippen molar-refractivity contribution in [2.45, 2.75) is 46.6 Å². The molecule has 19 heavy (non-hydrogen) atoms. The minimum Gasteiger partial charge on any atom is -0.396 e. The van der Waals surface area contributed by atoms with Gasteiger partial charge in [-0.3, -0.25) is 0 Å². The van der Waals surface area contributed by atoms with Crippen molar-refractivity contribution < 1.29 is 5.11 Å². The third kappa shape index (κ3) is 3.64. The molecule has 0 fully saturated rings. The summed E-state index contributed by atoms with van der Waals surface area (Å²) in [6.07, 6.45) is 2.54. The van der Waals surface area contributed by atoms with Crippen LogP contribution in [0.25, 0.3) is 0 Å². The van der Waals surface area contributed by atoms with E-state index in [1.54, 1.807) is 0 Å². The van der Waals surface area contributed by atoms with E-state index in [2.05, 4.69) is 35.9 Å². The van der Waals surface area contributed by atoms with Gasteiger partial charge in [0.1, 0.15) is 0 Å². The van der Waals surface area contributed by atoms with Crippen molar-refractivity contribution in [1.29, 1.82) is 0 Å². The zero-order chi connectivity index (χ0) is 14.3. The van der Waals surface area contributed by atoms with Crippen LogP contribution in [0.2, 0.25) is 0 Å². The summed E-state index contributed by atoms with van der Waals surface area (Å²) in [7, 11) is 0. The highest BCUT2D eigenvalue weighted by Crippen LogP contribution is 2.23. The van der Waals surface area contributed by atoms with Crippen molar-refractivity contribution in [1.82, 2.24) is 10.2 Å². The van der Waals surface area contributed by atoms with Crippen LogP contribution in [0.3, 0.4) is 0 Å². The zero-order valence-corrected chi connectivity index (χ0v) is 12.3. The first-order valence-electron chi connectivity index (χ1n) is 7.16. The van der Waals surface area contributed by atoms with E-state index in [1.807, 2.05) is 0 Å². The van der Waals surface area contributed by atoms with Gasteiger partial charge in [0.25, 0.3) is 0 Å². The van der Waals surface area contributed by atoms with E-state index in [-0.39, 0.29) is 6.61 Å². The Kier molecular flexibility index (Phi) is 6.73. The lowest BCUT2D eigenvalue weighted by Gasteiger charge is -2.25. The van der Waals surface area contributed by atoms with Crippen LogP contribution in [-0.2, 0) is 19.4 Å². The van der Waals surface area contributed by atoms with Crippen LogP contribution < -0.4 is 10.6 Å². The minimum absolute atomic E-state index is 0.190. The quantitative estimate of drug-likeness (QED) is 0.741. The average Bonchev–Trinajstić information content (AvgIpc) is 2.46. The standard InChI is InChI=1S/C14H26N4O/c1-4-11-12(10-15)14(17-16-13(11)5-2)18(6-3)8-7-9-19/h19H,4-10,15H2,1-3H3. The molecular formula is C14H26N4O. The molecule has 0 amide bonds. The normalized spacial score (nSPS) is 10.8. The summed E-state index contributed by atoms with van der Waals surface area (Å²) in [5, 5.41) is 17.7. The predicted molar refractivity (Wildman–Crippen MR) is 78.3 cm³/mol. The van der Waals surface area contributed by atoms with Gasteiger partial charge in [-0.05, 0) is 31.7 Å². The van der Waals surface area contributed by atoms with Crippen molar-refractivity contribution in [2.24, 2.45) is 5.73 Å². The van der Waals surface area contributed by atoms with Crippen LogP contribution in [0.15, 0.2) is 0 Å². The van der Waals surface area contributed by atoms with Gasteiger partial charge in [-0.25, -0.2) is 0 Å². The molecule has 0 radical (unpaired) electrons. The van der Waals surface area contributed by atoms with Gasteiger partial charge < -0.3 is 15.7 Å². The maximum Gasteiger partial charge on any atom is 0.156 e. The van der Waals surface area contributed by atoms with Crippen LogP contribution in [0, 0.1) is 0 Å². The Morgan fingerprint density at radius 1 is 1.11 bits per heavy atom. The molecule has 0 aromatic carbocycles. The second-order valence-corrected chi connectivity index (χ2v) is 4.50. The molecule has 1 rings (SSSR count). The van der Waals surface area contributed by atoms with Crippen molar-refractivity contribution >= 4 is 5.82 Å². The zero-order valence-electron chi connectivity index (χ0n) is 12.3. The summed E-state index contributed by atoms with van der Waals surface area (Å²) in [6.45, 7) is 8.60. The van der Waals surface area contributed by atoms with E-state index in [0.29, 0.717) is 6.54 Å². The maximum atomic E-state index is 8.98. The molecule has 0 bridgehead atoms. The Morgan fingerprint density at radius 2 is 1.84 bits per heavy atom. The van der Waals surface area contributed by atoms with E-state index < -0.39 is 0 Å². The summed E-state index contributed by atoms with van der Waals surface area (Å²) in [5.41, 5.74) is 9.31. The lowest BCUT2D eigenvalue weighted by Crippen LogP contribution is -2.28. The highest BCUT2D eigenvalue weighted by molar-refractivity contribution is 5.51. The third-order valence-corrected chi connectivity index (χ3v) is 3.41. The second kappa shape index (κ2) is 8.07. The van der Waals surface area contributed by atoms with Crippen molar-refractivity contribution in [3.05, 3.63) is 16.8 Å². The monoisotopic (exact) mass is 266 g/mol. The molecule has 1 aromatic rings. The van der Waals surface area contributed by atoms with Gasteiger partial charge in [0.05, 0.1) is 5.69 Å². The van der Waals surface area contributed by atoms with Crippen LogP contribution >= 0.6 is 0 Å². The molecule has 0 spiro atoms. The average molecular weight is 266 g/mol. The molecule has 0 unspecified atom stereocenters. The number of aryl methyl sites for hydroxylation is 1. The first-order valence-corrected chi connectivity index (χ1v) is 7.16. The molecule has 108 valence electrons. The highest BCUT2D eigenvalue weighted by atomic mass is 16.3. The molecular weight excluding hydrogens is 240 g/mol. The largest absolute Gasteiger partial charge is 0.396 e. The Labute approximate surface area is 115 Å². The number of hydrogen-bond acceptors (Lipinski definition) is 5. The van der Waals surface area contributed by atoms with E-state index in [0.717, 1.165) is 49.4 Å². The van der Waals surface area contributed by atoms with E-state index in [4.69, 9.17) is 10.8 Å². The van der Waals surface area contributed by atoms with Crippen LogP contribution in [0.5, 0.6) is 0 Å². The lowest BCUT2D eigenvalue weighted by atomic mass is 10.0. The van der Waals surface area contributed by atoms with Crippen LogP contribution in [0.1, 0.15) is 44.0 Å². The minimum atomic E-state index is 0.190. The smallest absolute Gasteiger partial charge is 0.156 e. The Morgan fingerprint density at radius 3 is 2.32 bits per heavy atom. The summed E-state index contributed by atoms with van der Waals surface area (Å²) < 4.78 is 0. The fourth-order valence-electron chi connectivity index (χ4n) is 2.38. The van der Waals surface area contributed by atoms with E-state index in [1.165, 1.54) is 5.56 Å². The van der Waals surface area contributed by atoms with Crippen molar-refractivity contribution in [3.63, 3.8) is 0 Å². The molecule has 5 nitrogen and oxygen atoms in total.